The second-order valence-electron chi connectivity index (χ2n) is 4.90. The number of rotatable bonds is 4. The predicted molar refractivity (Wildman–Crippen MR) is 66.0 cm³/mol. The molecule has 0 spiro atoms. The molecule has 3 rings (SSSR count). The van der Waals surface area contributed by atoms with E-state index in [2.05, 4.69) is 14.5 Å². The van der Waals surface area contributed by atoms with Gasteiger partial charge in [0.1, 0.15) is 6.04 Å². The number of hydroxylamine groups is 2. The molecule has 2 fully saturated rings. The first-order valence-corrected chi connectivity index (χ1v) is 7.84. The minimum absolute atomic E-state index is 0.281. The van der Waals surface area contributed by atoms with Crippen LogP contribution in [-0.2, 0) is 21.1 Å². The molecule has 0 saturated carbocycles. The van der Waals surface area contributed by atoms with Gasteiger partial charge in [0.15, 0.2) is 0 Å². The van der Waals surface area contributed by atoms with Gasteiger partial charge in [0, 0.05) is 13.0 Å². The first kappa shape index (κ1) is 14.2. The third kappa shape index (κ3) is 2.59. The van der Waals surface area contributed by atoms with Gasteiger partial charge in [-0.15, -0.1) is 14.5 Å². The van der Waals surface area contributed by atoms with Gasteiger partial charge in [-0.05, 0) is 12.8 Å². The molecule has 2 aliphatic heterocycles. The zero-order valence-corrected chi connectivity index (χ0v) is 12.0. The fourth-order valence-electron chi connectivity index (χ4n) is 2.63. The van der Waals surface area contributed by atoms with Crippen LogP contribution in [0.15, 0.2) is 4.42 Å². The van der Waals surface area contributed by atoms with Gasteiger partial charge in [-0.2, -0.15) is 13.5 Å². The summed E-state index contributed by atoms with van der Waals surface area (Å²) < 4.78 is 40.1. The second-order valence-corrected chi connectivity index (χ2v) is 5.90. The fraction of sp³-hybridized carbons (Fsp3) is 0.700. The molecule has 2 aliphatic rings. The van der Waals surface area contributed by atoms with Gasteiger partial charge in [0.25, 0.3) is 0 Å². The average molecular weight is 318 g/mol. The molecule has 2 bridgehead atoms. The number of hydrogen-bond acceptors (Lipinski definition) is 7. The van der Waals surface area contributed by atoms with Crippen molar-refractivity contribution in [2.75, 3.05) is 6.54 Å². The standard InChI is InChI=1S/C10H14N4O6S/c1-2-8-11-12-9(19-8)7-4-3-6-5-13(7)10(15)14(6)20-21(16,17)18/h6-7H,2-5H2,1H3,(H,16,17,18)/t6-,7-/m1/s1. The van der Waals surface area contributed by atoms with Crippen LogP contribution in [0.3, 0.4) is 0 Å². The Morgan fingerprint density at radius 3 is 2.81 bits per heavy atom. The smallest absolute Gasteiger partial charge is 0.418 e. The van der Waals surface area contributed by atoms with Crippen molar-refractivity contribution in [3.05, 3.63) is 11.8 Å². The van der Waals surface area contributed by atoms with Crippen LogP contribution >= 0.6 is 0 Å². The molecule has 10 nitrogen and oxygen atoms in total. The molecular formula is C10H14N4O6S. The third-order valence-electron chi connectivity index (χ3n) is 3.57. The van der Waals surface area contributed by atoms with E-state index in [-0.39, 0.29) is 6.54 Å². The summed E-state index contributed by atoms with van der Waals surface area (Å²) in [5, 5.41) is 8.47. The van der Waals surface area contributed by atoms with Crippen LogP contribution in [-0.4, -0.2) is 51.7 Å². The van der Waals surface area contributed by atoms with Crippen LogP contribution in [0, 0.1) is 0 Å². The highest BCUT2D eigenvalue weighted by atomic mass is 32.3. The molecule has 116 valence electrons. The molecule has 0 unspecified atom stereocenters. The summed E-state index contributed by atoms with van der Waals surface area (Å²) in [6.45, 7) is 2.15. The molecule has 2 amide bonds. The Kier molecular flexibility index (Phi) is 3.34. The van der Waals surface area contributed by atoms with E-state index in [4.69, 9.17) is 8.97 Å². The first-order chi connectivity index (χ1) is 9.89. The highest BCUT2D eigenvalue weighted by Gasteiger charge is 2.49. The molecule has 1 aromatic rings. The van der Waals surface area contributed by atoms with E-state index in [0.29, 0.717) is 36.1 Å². The molecule has 21 heavy (non-hydrogen) atoms. The third-order valence-corrected chi connectivity index (χ3v) is 3.92. The van der Waals surface area contributed by atoms with Gasteiger partial charge in [-0.3, -0.25) is 4.55 Å². The molecule has 0 aromatic carbocycles. The van der Waals surface area contributed by atoms with E-state index >= 15 is 0 Å². The van der Waals surface area contributed by atoms with Gasteiger partial charge in [-0.1, -0.05) is 6.92 Å². The topological polar surface area (TPSA) is 126 Å². The maximum absolute atomic E-state index is 12.2. The Bertz CT molecular complexity index is 658. The summed E-state index contributed by atoms with van der Waals surface area (Å²) >= 11 is 0. The molecule has 11 heteroatoms. The lowest BCUT2D eigenvalue weighted by molar-refractivity contribution is -0.0317. The Labute approximate surface area is 120 Å². The van der Waals surface area contributed by atoms with Crippen molar-refractivity contribution < 1.29 is 26.5 Å². The predicted octanol–water partition coefficient (Wildman–Crippen LogP) is 0.308. The van der Waals surface area contributed by atoms with Gasteiger partial charge in [0.05, 0.1) is 6.04 Å². The number of piperidine rings is 1. The van der Waals surface area contributed by atoms with Crippen molar-refractivity contribution in [2.45, 2.75) is 38.3 Å². The highest BCUT2D eigenvalue weighted by Crippen LogP contribution is 2.38. The Morgan fingerprint density at radius 2 is 2.19 bits per heavy atom. The number of urea groups is 1. The molecule has 3 heterocycles. The molecular weight excluding hydrogens is 304 g/mol. The van der Waals surface area contributed by atoms with E-state index in [1.54, 1.807) is 0 Å². The number of carbonyl (C=O) groups excluding carboxylic acids is 1. The zero-order valence-electron chi connectivity index (χ0n) is 11.2. The van der Waals surface area contributed by atoms with Crippen molar-refractivity contribution in [2.24, 2.45) is 0 Å². The summed E-state index contributed by atoms with van der Waals surface area (Å²) in [6.07, 6.45) is 1.65. The summed E-state index contributed by atoms with van der Waals surface area (Å²) in [5.74, 6) is 0.803. The summed E-state index contributed by atoms with van der Waals surface area (Å²) in [4.78, 5) is 13.6. The first-order valence-electron chi connectivity index (χ1n) is 6.48. The van der Waals surface area contributed by atoms with Gasteiger partial charge >= 0.3 is 16.4 Å². The van der Waals surface area contributed by atoms with Crippen LogP contribution in [0.1, 0.15) is 37.6 Å². The molecule has 0 aliphatic carbocycles. The van der Waals surface area contributed by atoms with Crippen LogP contribution < -0.4 is 0 Å². The highest BCUT2D eigenvalue weighted by molar-refractivity contribution is 7.80. The Balaban J connectivity index is 1.82. The fourth-order valence-corrected chi connectivity index (χ4v) is 3.02. The number of fused-ring (bicyclic) bond motifs is 2. The Morgan fingerprint density at radius 1 is 1.43 bits per heavy atom. The summed E-state index contributed by atoms with van der Waals surface area (Å²) in [5.41, 5.74) is 0. The Hall–Kier alpha value is -1.72. The van der Waals surface area contributed by atoms with Crippen LogP contribution in [0.5, 0.6) is 0 Å². The van der Waals surface area contributed by atoms with Crippen LogP contribution in [0.25, 0.3) is 0 Å². The number of aromatic nitrogens is 2. The van der Waals surface area contributed by atoms with E-state index in [0.717, 1.165) is 0 Å². The summed E-state index contributed by atoms with van der Waals surface area (Å²) in [7, 11) is -4.73. The van der Waals surface area contributed by atoms with Crippen LogP contribution in [0.4, 0.5) is 4.79 Å². The molecule has 1 aromatic heterocycles. The lowest BCUT2D eigenvalue weighted by Gasteiger charge is -2.27. The number of nitrogens with zero attached hydrogens (tertiary/aromatic N) is 4. The second kappa shape index (κ2) is 4.93. The van der Waals surface area contributed by atoms with E-state index in [1.807, 2.05) is 6.92 Å². The van der Waals surface area contributed by atoms with Gasteiger partial charge in [-0.25, -0.2) is 4.79 Å². The van der Waals surface area contributed by atoms with Gasteiger partial charge in [0.2, 0.25) is 11.8 Å². The lowest BCUT2D eigenvalue weighted by Crippen LogP contribution is -2.35. The van der Waals surface area contributed by atoms with Crippen molar-refractivity contribution in [1.29, 1.82) is 0 Å². The van der Waals surface area contributed by atoms with Crippen molar-refractivity contribution >= 4 is 16.4 Å². The van der Waals surface area contributed by atoms with Crippen molar-refractivity contribution in [3.8, 4) is 0 Å². The zero-order chi connectivity index (χ0) is 15.2. The number of aryl methyl sites for hydroxylation is 1. The van der Waals surface area contributed by atoms with E-state index < -0.39 is 28.5 Å². The molecule has 0 radical (unpaired) electrons. The monoisotopic (exact) mass is 318 g/mol. The average Bonchev–Trinajstić information content (AvgIpc) is 2.98. The minimum Gasteiger partial charge on any atom is -0.423 e. The van der Waals surface area contributed by atoms with Crippen molar-refractivity contribution in [1.82, 2.24) is 20.2 Å². The molecule has 2 atom stereocenters. The minimum atomic E-state index is -4.73. The van der Waals surface area contributed by atoms with Gasteiger partial charge < -0.3 is 9.32 Å². The largest absolute Gasteiger partial charge is 0.423 e. The molecule has 2 saturated heterocycles. The van der Waals surface area contributed by atoms with Crippen molar-refractivity contribution in [3.63, 3.8) is 0 Å². The molecule has 1 N–H and O–H groups in total. The SMILES string of the molecule is CCc1nnc([C@H]2CC[C@@H]3CN2C(=O)N3OS(=O)(=O)O)o1. The lowest BCUT2D eigenvalue weighted by atomic mass is 10.0. The van der Waals surface area contributed by atoms with Crippen LogP contribution in [0.2, 0.25) is 0 Å². The normalized spacial score (nSPS) is 25.7. The summed E-state index contributed by atoms with van der Waals surface area (Å²) in [6, 6.07) is -1.47. The quantitative estimate of drug-likeness (QED) is 0.786. The van der Waals surface area contributed by atoms with E-state index in [1.165, 1.54) is 4.90 Å². The number of carbonyl (C=O) groups is 1. The van der Waals surface area contributed by atoms with E-state index in [9.17, 15) is 13.2 Å². The number of amides is 2. The maximum Gasteiger partial charge on any atom is 0.418 e. The maximum atomic E-state index is 12.2. The number of hydrogen-bond donors (Lipinski definition) is 1.